The molecule has 0 N–H and O–H groups in total. The molecule has 0 unspecified atom stereocenters. The van der Waals surface area contributed by atoms with E-state index in [-0.39, 0.29) is 0 Å². The third kappa shape index (κ3) is 4.30. The van der Waals surface area contributed by atoms with E-state index < -0.39 is 23.1 Å². The van der Waals surface area contributed by atoms with Crippen LogP contribution in [-0.2, 0) is 14.3 Å². The molecule has 0 bridgehead atoms. The topological polar surface area (TPSA) is 83.0 Å². The number of esters is 1. The summed E-state index contributed by atoms with van der Waals surface area (Å²) < 4.78 is 4.41. The van der Waals surface area contributed by atoms with Gasteiger partial charge in [-0.2, -0.15) is 4.79 Å². The fraction of sp³-hybridized carbons (Fsp3) is 0.750. The zero-order valence-electron chi connectivity index (χ0n) is 11.7. The molecule has 0 aliphatic rings. The van der Waals surface area contributed by atoms with Crippen molar-refractivity contribution >= 4 is 17.6 Å². The first-order valence-electron chi connectivity index (χ1n) is 5.91. The molecule has 1 amide bonds. The summed E-state index contributed by atoms with van der Waals surface area (Å²) in [7, 11) is 1.13. The van der Waals surface area contributed by atoms with Crippen LogP contribution in [0.3, 0.4) is 0 Å². The van der Waals surface area contributed by atoms with Gasteiger partial charge in [0.2, 0.25) is 0 Å². The Morgan fingerprint density at radius 1 is 1.33 bits per heavy atom. The van der Waals surface area contributed by atoms with E-state index in [9.17, 15) is 9.59 Å². The molecule has 0 fully saturated rings. The van der Waals surface area contributed by atoms with Gasteiger partial charge in [0.05, 0.1) is 7.11 Å². The number of rotatable bonds is 5. The van der Waals surface area contributed by atoms with Crippen molar-refractivity contribution in [2.24, 2.45) is 0 Å². The van der Waals surface area contributed by atoms with Crippen molar-refractivity contribution in [1.82, 2.24) is 4.90 Å². The van der Waals surface area contributed by atoms with Crippen molar-refractivity contribution in [3.05, 3.63) is 5.53 Å². The Morgan fingerprint density at radius 2 is 1.89 bits per heavy atom. The number of ether oxygens (including phenoxy) is 1. The van der Waals surface area contributed by atoms with Crippen LogP contribution in [0.15, 0.2) is 0 Å². The summed E-state index contributed by atoms with van der Waals surface area (Å²) in [6.45, 7) is 8.06. The minimum atomic E-state index is -0.937. The van der Waals surface area contributed by atoms with Crippen LogP contribution >= 0.6 is 0 Å². The lowest BCUT2D eigenvalue weighted by molar-refractivity contribution is -0.144. The van der Waals surface area contributed by atoms with Crippen LogP contribution in [0, 0.1) is 0 Å². The lowest BCUT2D eigenvalue weighted by atomic mass is 10.0. The number of carbonyl (C=O) groups excluding carboxylic acids is 2. The molecule has 6 heteroatoms. The van der Waals surface area contributed by atoms with Gasteiger partial charge >= 0.3 is 17.6 Å². The molecule has 0 radical (unpaired) electrons. The SMILES string of the molecule is CCCCN(C(=O)C(=[N+]=[N-])C(=O)OC)C(C)(C)C. The van der Waals surface area contributed by atoms with Gasteiger partial charge in [0.1, 0.15) is 0 Å². The molecule has 0 heterocycles. The molecule has 0 saturated carbocycles. The first kappa shape index (κ1) is 16.3. The van der Waals surface area contributed by atoms with E-state index in [4.69, 9.17) is 5.53 Å². The van der Waals surface area contributed by atoms with Crippen LogP contribution < -0.4 is 0 Å². The number of hydrogen-bond acceptors (Lipinski definition) is 3. The molecule has 0 atom stereocenters. The molecule has 0 aliphatic carbocycles. The van der Waals surface area contributed by atoms with Crippen LogP contribution in [0.25, 0.3) is 5.53 Å². The fourth-order valence-corrected chi connectivity index (χ4v) is 1.45. The fourth-order valence-electron chi connectivity index (χ4n) is 1.45. The van der Waals surface area contributed by atoms with Gasteiger partial charge in [-0.15, -0.1) is 0 Å². The predicted octanol–water partition coefficient (Wildman–Crippen LogP) is 1.26. The summed E-state index contributed by atoms with van der Waals surface area (Å²) >= 11 is 0. The van der Waals surface area contributed by atoms with Crippen molar-refractivity contribution < 1.29 is 19.1 Å². The van der Waals surface area contributed by atoms with Gasteiger partial charge in [-0.1, -0.05) is 13.3 Å². The van der Waals surface area contributed by atoms with Crippen LogP contribution in [0.5, 0.6) is 0 Å². The Bertz CT molecular complexity index is 365. The molecule has 0 rings (SSSR count). The Morgan fingerprint density at radius 3 is 2.22 bits per heavy atom. The van der Waals surface area contributed by atoms with Gasteiger partial charge in [-0.25, -0.2) is 4.79 Å². The van der Waals surface area contributed by atoms with E-state index >= 15 is 0 Å². The quantitative estimate of drug-likeness (QED) is 0.244. The third-order valence-corrected chi connectivity index (χ3v) is 2.47. The number of methoxy groups -OCH3 is 1. The molecule has 102 valence electrons. The van der Waals surface area contributed by atoms with Crippen molar-refractivity contribution in [2.45, 2.75) is 46.1 Å². The smallest absolute Gasteiger partial charge is 0.460 e. The Hall–Kier alpha value is -1.68. The van der Waals surface area contributed by atoms with Gasteiger partial charge < -0.3 is 15.2 Å². The highest BCUT2D eigenvalue weighted by atomic mass is 16.5. The Kier molecular flexibility index (Phi) is 6.27. The molecule has 0 aliphatic heterocycles. The number of amides is 1. The summed E-state index contributed by atoms with van der Waals surface area (Å²) in [5.74, 6) is -1.56. The second-order valence-corrected chi connectivity index (χ2v) is 4.92. The highest BCUT2D eigenvalue weighted by Gasteiger charge is 2.39. The third-order valence-electron chi connectivity index (χ3n) is 2.47. The minimum Gasteiger partial charge on any atom is -0.460 e. The molecule has 0 aromatic carbocycles. The van der Waals surface area contributed by atoms with Gasteiger partial charge in [-0.3, -0.25) is 4.79 Å². The summed E-state index contributed by atoms with van der Waals surface area (Å²) in [6.07, 6.45) is 1.73. The van der Waals surface area contributed by atoms with Crippen LogP contribution in [0.1, 0.15) is 40.5 Å². The van der Waals surface area contributed by atoms with E-state index in [0.717, 1.165) is 20.0 Å². The normalized spacial score (nSPS) is 10.5. The van der Waals surface area contributed by atoms with Crippen molar-refractivity contribution in [1.29, 1.82) is 0 Å². The second-order valence-electron chi connectivity index (χ2n) is 4.92. The average Bonchev–Trinajstić information content (AvgIpc) is 2.28. The average molecular weight is 255 g/mol. The molecular formula is C12H21N3O3. The molecule has 0 aromatic rings. The maximum absolute atomic E-state index is 12.2. The predicted molar refractivity (Wildman–Crippen MR) is 67.0 cm³/mol. The van der Waals surface area contributed by atoms with E-state index in [1.54, 1.807) is 0 Å². The van der Waals surface area contributed by atoms with E-state index in [1.165, 1.54) is 4.90 Å². The standard InChI is InChI=1S/C12H21N3O3/c1-6-7-8-15(12(2,3)4)10(16)9(14-13)11(17)18-5/h6-8H2,1-5H3. The number of unbranched alkanes of at least 4 members (excludes halogenated alkanes) is 1. The summed E-state index contributed by atoms with van der Waals surface area (Å²) in [5, 5.41) is 0. The van der Waals surface area contributed by atoms with Crippen LogP contribution in [0.4, 0.5) is 0 Å². The minimum absolute atomic E-state index is 0.462. The van der Waals surface area contributed by atoms with Gasteiger partial charge in [0.15, 0.2) is 0 Å². The van der Waals surface area contributed by atoms with Crippen LogP contribution in [0.2, 0.25) is 0 Å². The van der Waals surface area contributed by atoms with Crippen LogP contribution in [-0.4, -0.2) is 46.5 Å². The summed E-state index contributed by atoms with van der Waals surface area (Å²) in [6, 6.07) is 0. The maximum atomic E-state index is 12.2. The van der Waals surface area contributed by atoms with Crippen molar-refractivity contribution in [3.63, 3.8) is 0 Å². The largest absolute Gasteiger partial charge is 0.463 e. The van der Waals surface area contributed by atoms with Gasteiger partial charge in [0.25, 0.3) is 0 Å². The van der Waals surface area contributed by atoms with Gasteiger partial charge in [-0.05, 0) is 27.2 Å². The lowest BCUT2D eigenvalue weighted by Crippen LogP contribution is -2.51. The summed E-state index contributed by atoms with van der Waals surface area (Å²) in [5.41, 5.74) is 7.72. The van der Waals surface area contributed by atoms with Gasteiger partial charge in [0, 0.05) is 12.1 Å². The number of carbonyl (C=O) groups is 2. The highest BCUT2D eigenvalue weighted by Crippen LogP contribution is 2.15. The maximum Gasteiger partial charge on any atom is 0.463 e. The van der Waals surface area contributed by atoms with E-state index in [2.05, 4.69) is 9.53 Å². The monoisotopic (exact) mass is 255 g/mol. The van der Waals surface area contributed by atoms with E-state index in [0.29, 0.717) is 6.54 Å². The zero-order valence-corrected chi connectivity index (χ0v) is 11.7. The van der Waals surface area contributed by atoms with Crippen molar-refractivity contribution in [2.75, 3.05) is 13.7 Å². The molecule has 0 saturated heterocycles. The number of nitrogens with zero attached hydrogens (tertiary/aromatic N) is 3. The zero-order chi connectivity index (χ0) is 14.3. The second kappa shape index (κ2) is 6.91. The first-order chi connectivity index (χ1) is 8.29. The molecule has 0 spiro atoms. The first-order valence-corrected chi connectivity index (χ1v) is 5.91. The molecule has 6 nitrogen and oxygen atoms in total. The number of hydrogen-bond donors (Lipinski definition) is 0. The molecular weight excluding hydrogens is 234 g/mol. The Labute approximate surface area is 108 Å². The Balaban J connectivity index is 5.19. The molecule has 18 heavy (non-hydrogen) atoms. The highest BCUT2D eigenvalue weighted by molar-refractivity contribution is 6.61. The van der Waals surface area contributed by atoms with Crippen molar-refractivity contribution in [3.8, 4) is 0 Å². The molecule has 0 aromatic heterocycles. The van der Waals surface area contributed by atoms with E-state index in [1.807, 2.05) is 27.7 Å². The lowest BCUT2D eigenvalue weighted by Gasteiger charge is -2.34. The summed E-state index contributed by atoms with van der Waals surface area (Å²) in [4.78, 5) is 27.7.